The van der Waals surface area contributed by atoms with Crippen molar-refractivity contribution in [3.63, 3.8) is 0 Å². The number of hydrogen-bond acceptors (Lipinski definition) is 4. The van der Waals surface area contributed by atoms with Crippen molar-refractivity contribution in [3.05, 3.63) is 29.8 Å². The van der Waals surface area contributed by atoms with Crippen molar-refractivity contribution in [2.24, 2.45) is 10.9 Å². The summed E-state index contributed by atoms with van der Waals surface area (Å²) in [5, 5.41) is 12.0. The van der Waals surface area contributed by atoms with E-state index < -0.39 is 0 Å². The Morgan fingerprint density at radius 2 is 2.24 bits per heavy atom. The predicted octanol–water partition coefficient (Wildman–Crippen LogP) is 1.83. The smallest absolute Gasteiger partial charge is 0.258 e. The number of rotatable bonds is 4. The Hall–Kier alpha value is -2.24. The molecule has 2 rings (SSSR count). The number of benzene rings is 1. The summed E-state index contributed by atoms with van der Waals surface area (Å²) in [6, 6.07) is 6.80. The number of amides is 1. The monoisotopic (exact) mass is 291 g/mol. The van der Waals surface area contributed by atoms with E-state index in [1.807, 2.05) is 13.0 Å². The van der Waals surface area contributed by atoms with Gasteiger partial charge < -0.3 is 20.6 Å². The number of para-hydroxylation sites is 1. The molecule has 1 aromatic rings. The Morgan fingerprint density at radius 3 is 2.95 bits per heavy atom. The molecule has 1 amide bonds. The Morgan fingerprint density at radius 1 is 1.48 bits per heavy atom. The van der Waals surface area contributed by atoms with E-state index in [0.717, 1.165) is 12.8 Å². The van der Waals surface area contributed by atoms with Gasteiger partial charge in [-0.2, -0.15) is 0 Å². The second kappa shape index (κ2) is 6.97. The molecule has 0 spiro atoms. The van der Waals surface area contributed by atoms with Crippen molar-refractivity contribution < 1.29 is 14.7 Å². The molecule has 114 valence electrons. The summed E-state index contributed by atoms with van der Waals surface area (Å²) >= 11 is 0. The van der Waals surface area contributed by atoms with Gasteiger partial charge in [-0.3, -0.25) is 4.79 Å². The third kappa shape index (κ3) is 3.26. The SMILES string of the molecule is CCOc1ccccc1C(=O)N1CCCCC1C(N)=NO. The van der Waals surface area contributed by atoms with E-state index >= 15 is 0 Å². The van der Waals surface area contributed by atoms with Crippen LogP contribution in [0.5, 0.6) is 5.75 Å². The van der Waals surface area contributed by atoms with Gasteiger partial charge in [-0.05, 0) is 38.3 Å². The number of likely N-dealkylation sites (tertiary alicyclic amines) is 1. The van der Waals surface area contributed by atoms with E-state index in [2.05, 4.69) is 5.16 Å². The number of amidine groups is 1. The Kier molecular flexibility index (Phi) is 5.03. The molecule has 0 bridgehead atoms. The minimum absolute atomic E-state index is 0.0805. The Bertz CT molecular complexity index is 531. The molecule has 6 nitrogen and oxygen atoms in total. The standard InChI is InChI=1S/C15H21N3O3/c1-2-21-13-9-4-3-7-11(13)15(19)18-10-6-5-8-12(18)14(16)17-20/h3-4,7,9,12,20H,2,5-6,8,10H2,1H3,(H2,16,17). The van der Waals surface area contributed by atoms with E-state index in [0.29, 0.717) is 30.9 Å². The second-order valence-corrected chi connectivity index (χ2v) is 4.96. The number of oxime groups is 1. The predicted molar refractivity (Wildman–Crippen MR) is 79.7 cm³/mol. The molecule has 1 aliphatic rings. The normalized spacial score (nSPS) is 19.4. The molecular formula is C15H21N3O3. The number of nitrogens with zero attached hydrogens (tertiary/aromatic N) is 2. The summed E-state index contributed by atoms with van der Waals surface area (Å²) in [5.74, 6) is 0.501. The summed E-state index contributed by atoms with van der Waals surface area (Å²) in [7, 11) is 0. The first-order valence-corrected chi connectivity index (χ1v) is 7.19. The van der Waals surface area contributed by atoms with E-state index in [4.69, 9.17) is 15.7 Å². The zero-order valence-electron chi connectivity index (χ0n) is 12.2. The second-order valence-electron chi connectivity index (χ2n) is 4.96. The van der Waals surface area contributed by atoms with Crippen molar-refractivity contribution in [1.29, 1.82) is 0 Å². The molecule has 21 heavy (non-hydrogen) atoms. The molecule has 1 fully saturated rings. The maximum Gasteiger partial charge on any atom is 0.258 e. The fraction of sp³-hybridized carbons (Fsp3) is 0.467. The van der Waals surface area contributed by atoms with Crippen molar-refractivity contribution in [3.8, 4) is 5.75 Å². The van der Waals surface area contributed by atoms with Gasteiger partial charge in [-0.1, -0.05) is 17.3 Å². The lowest BCUT2D eigenvalue weighted by molar-refractivity contribution is 0.0672. The number of carbonyl (C=O) groups excluding carboxylic acids is 1. The maximum atomic E-state index is 12.8. The summed E-state index contributed by atoms with van der Waals surface area (Å²) in [6.07, 6.45) is 2.58. The van der Waals surface area contributed by atoms with Crippen LogP contribution in [0.1, 0.15) is 36.5 Å². The number of ether oxygens (including phenoxy) is 1. The molecule has 1 aliphatic heterocycles. The first kappa shape index (κ1) is 15.2. The van der Waals surface area contributed by atoms with Crippen LogP contribution in [-0.2, 0) is 0 Å². The highest BCUT2D eigenvalue weighted by molar-refractivity contribution is 6.00. The Balaban J connectivity index is 2.29. The lowest BCUT2D eigenvalue weighted by Crippen LogP contribution is -2.50. The highest BCUT2D eigenvalue weighted by atomic mass is 16.5. The average molecular weight is 291 g/mol. The van der Waals surface area contributed by atoms with Crippen molar-refractivity contribution >= 4 is 11.7 Å². The average Bonchev–Trinajstić information content (AvgIpc) is 2.54. The molecule has 0 radical (unpaired) electrons. The van der Waals surface area contributed by atoms with Gasteiger partial charge in [0.1, 0.15) is 5.75 Å². The third-order valence-corrected chi connectivity index (χ3v) is 3.64. The van der Waals surface area contributed by atoms with Gasteiger partial charge in [0, 0.05) is 6.54 Å². The first-order chi connectivity index (χ1) is 10.2. The summed E-state index contributed by atoms with van der Waals surface area (Å²) in [5.41, 5.74) is 6.24. The van der Waals surface area contributed by atoms with Crippen molar-refractivity contribution in [1.82, 2.24) is 4.90 Å². The molecule has 1 saturated heterocycles. The highest BCUT2D eigenvalue weighted by Gasteiger charge is 2.31. The van der Waals surface area contributed by atoms with Gasteiger partial charge in [-0.15, -0.1) is 0 Å². The summed E-state index contributed by atoms with van der Waals surface area (Å²) < 4.78 is 5.51. The van der Waals surface area contributed by atoms with Gasteiger partial charge in [-0.25, -0.2) is 0 Å². The fourth-order valence-electron chi connectivity index (χ4n) is 2.63. The van der Waals surface area contributed by atoms with Crippen LogP contribution in [0.3, 0.4) is 0 Å². The topological polar surface area (TPSA) is 88.2 Å². The van der Waals surface area contributed by atoms with Crippen LogP contribution in [0, 0.1) is 0 Å². The molecule has 1 atom stereocenters. The van der Waals surface area contributed by atoms with Crippen LogP contribution in [0.25, 0.3) is 0 Å². The Labute approximate surface area is 124 Å². The van der Waals surface area contributed by atoms with Crippen LogP contribution in [0.4, 0.5) is 0 Å². The van der Waals surface area contributed by atoms with Crippen LogP contribution in [0.15, 0.2) is 29.4 Å². The molecule has 0 aromatic heterocycles. The lowest BCUT2D eigenvalue weighted by atomic mass is 9.99. The largest absolute Gasteiger partial charge is 0.493 e. The maximum absolute atomic E-state index is 12.8. The van der Waals surface area contributed by atoms with Crippen LogP contribution < -0.4 is 10.5 Å². The van der Waals surface area contributed by atoms with Gasteiger partial charge in [0.15, 0.2) is 5.84 Å². The highest BCUT2D eigenvalue weighted by Crippen LogP contribution is 2.24. The van der Waals surface area contributed by atoms with E-state index in [-0.39, 0.29) is 17.8 Å². The summed E-state index contributed by atoms with van der Waals surface area (Å²) in [4.78, 5) is 14.4. The number of carbonyl (C=O) groups is 1. The van der Waals surface area contributed by atoms with Crippen LogP contribution in [0.2, 0.25) is 0 Å². The van der Waals surface area contributed by atoms with Gasteiger partial charge in [0.2, 0.25) is 0 Å². The molecule has 0 aliphatic carbocycles. The van der Waals surface area contributed by atoms with Crippen LogP contribution in [-0.4, -0.2) is 41.0 Å². The number of hydrogen-bond donors (Lipinski definition) is 2. The molecular weight excluding hydrogens is 270 g/mol. The molecule has 3 N–H and O–H groups in total. The van der Waals surface area contributed by atoms with E-state index in [1.165, 1.54) is 0 Å². The molecule has 6 heteroatoms. The van der Waals surface area contributed by atoms with E-state index in [9.17, 15) is 4.79 Å². The van der Waals surface area contributed by atoms with Crippen LogP contribution >= 0.6 is 0 Å². The minimum Gasteiger partial charge on any atom is -0.493 e. The number of nitrogens with two attached hydrogens (primary N) is 1. The summed E-state index contributed by atoms with van der Waals surface area (Å²) in [6.45, 7) is 2.97. The molecule has 1 aromatic carbocycles. The first-order valence-electron chi connectivity index (χ1n) is 7.19. The van der Waals surface area contributed by atoms with Crippen molar-refractivity contribution in [2.45, 2.75) is 32.2 Å². The van der Waals surface area contributed by atoms with Gasteiger partial charge in [0.05, 0.1) is 18.2 Å². The fourth-order valence-corrected chi connectivity index (χ4v) is 2.63. The third-order valence-electron chi connectivity index (χ3n) is 3.64. The molecule has 1 heterocycles. The zero-order valence-corrected chi connectivity index (χ0v) is 12.2. The van der Waals surface area contributed by atoms with Gasteiger partial charge >= 0.3 is 0 Å². The number of piperidine rings is 1. The lowest BCUT2D eigenvalue weighted by Gasteiger charge is -2.35. The molecule has 0 saturated carbocycles. The van der Waals surface area contributed by atoms with Gasteiger partial charge in [0.25, 0.3) is 5.91 Å². The van der Waals surface area contributed by atoms with Crippen molar-refractivity contribution in [2.75, 3.05) is 13.2 Å². The van der Waals surface area contributed by atoms with E-state index in [1.54, 1.807) is 23.1 Å². The minimum atomic E-state index is -0.356. The quantitative estimate of drug-likeness (QED) is 0.383. The molecule has 1 unspecified atom stereocenters. The zero-order chi connectivity index (χ0) is 15.2.